The van der Waals surface area contributed by atoms with Crippen LogP contribution in [0.4, 0.5) is 0 Å². The Morgan fingerprint density at radius 3 is 2.58 bits per heavy atom. The monoisotopic (exact) mass is 324 g/mol. The Morgan fingerprint density at radius 1 is 1.21 bits per heavy atom. The zero-order valence-electron chi connectivity index (χ0n) is 14.1. The molecule has 0 aliphatic heterocycles. The summed E-state index contributed by atoms with van der Waals surface area (Å²) in [6, 6.07) is 14.3. The molecular formula is C20H24N2O2. The standard InChI is InChI=1S/C20H24N2O2/c1-2-24-19(23)20(11-5-12-20)15-21-14-16-7-9-17(10-8-16)18-6-3-4-13-22-18/h3-4,6-10,13,21H,2,5,11-12,14-15H2,1H3. The van der Waals surface area contributed by atoms with Crippen LogP contribution in [0.5, 0.6) is 0 Å². The molecule has 1 saturated carbocycles. The summed E-state index contributed by atoms with van der Waals surface area (Å²) in [6.07, 6.45) is 4.77. The average Bonchev–Trinajstić information content (AvgIpc) is 2.59. The lowest BCUT2D eigenvalue weighted by atomic mass is 9.68. The number of ether oxygens (including phenoxy) is 1. The van der Waals surface area contributed by atoms with Crippen molar-refractivity contribution in [1.29, 1.82) is 0 Å². The fourth-order valence-corrected chi connectivity index (χ4v) is 3.11. The van der Waals surface area contributed by atoms with Crippen LogP contribution in [0.1, 0.15) is 31.7 Å². The fourth-order valence-electron chi connectivity index (χ4n) is 3.11. The number of hydrogen-bond donors (Lipinski definition) is 1. The van der Waals surface area contributed by atoms with Gasteiger partial charge in [-0.05, 0) is 37.5 Å². The molecule has 4 heteroatoms. The predicted octanol–water partition coefficient (Wildman–Crippen LogP) is 3.57. The lowest BCUT2D eigenvalue weighted by Crippen LogP contribution is -2.47. The molecule has 0 bridgehead atoms. The van der Waals surface area contributed by atoms with E-state index >= 15 is 0 Å². The first-order chi connectivity index (χ1) is 11.7. The fraction of sp³-hybridized carbons (Fsp3) is 0.400. The van der Waals surface area contributed by atoms with E-state index in [0.717, 1.165) is 37.1 Å². The van der Waals surface area contributed by atoms with Crippen molar-refractivity contribution < 1.29 is 9.53 Å². The number of hydrogen-bond acceptors (Lipinski definition) is 4. The second kappa shape index (κ2) is 7.58. The van der Waals surface area contributed by atoms with Crippen molar-refractivity contribution in [1.82, 2.24) is 10.3 Å². The molecule has 0 saturated heterocycles. The molecule has 1 fully saturated rings. The van der Waals surface area contributed by atoms with Gasteiger partial charge < -0.3 is 10.1 Å². The molecule has 24 heavy (non-hydrogen) atoms. The third kappa shape index (κ3) is 3.65. The number of pyridine rings is 1. The van der Waals surface area contributed by atoms with Crippen LogP contribution in [0.15, 0.2) is 48.7 Å². The number of aromatic nitrogens is 1. The van der Waals surface area contributed by atoms with Gasteiger partial charge >= 0.3 is 5.97 Å². The van der Waals surface area contributed by atoms with Gasteiger partial charge in [-0.3, -0.25) is 9.78 Å². The van der Waals surface area contributed by atoms with Crippen molar-refractivity contribution in [3.63, 3.8) is 0 Å². The number of carbonyl (C=O) groups excluding carboxylic acids is 1. The van der Waals surface area contributed by atoms with Gasteiger partial charge in [0.05, 0.1) is 17.7 Å². The van der Waals surface area contributed by atoms with Crippen LogP contribution >= 0.6 is 0 Å². The van der Waals surface area contributed by atoms with Gasteiger partial charge in [0.15, 0.2) is 0 Å². The Kier molecular flexibility index (Phi) is 5.26. The van der Waals surface area contributed by atoms with E-state index in [9.17, 15) is 4.79 Å². The van der Waals surface area contributed by atoms with E-state index < -0.39 is 0 Å². The highest BCUT2D eigenvalue weighted by Gasteiger charge is 2.44. The summed E-state index contributed by atoms with van der Waals surface area (Å²) in [6.45, 7) is 3.76. The average molecular weight is 324 g/mol. The van der Waals surface area contributed by atoms with Gasteiger partial charge in [-0.1, -0.05) is 36.8 Å². The van der Waals surface area contributed by atoms with Gasteiger partial charge in [0, 0.05) is 24.8 Å². The van der Waals surface area contributed by atoms with E-state index in [2.05, 4.69) is 34.6 Å². The zero-order chi connectivity index (χ0) is 16.8. The number of nitrogens with one attached hydrogen (secondary N) is 1. The maximum absolute atomic E-state index is 12.1. The second-order valence-corrected chi connectivity index (χ2v) is 6.37. The first-order valence-corrected chi connectivity index (χ1v) is 8.62. The lowest BCUT2D eigenvalue weighted by molar-refractivity contribution is -0.160. The van der Waals surface area contributed by atoms with E-state index in [4.69, 9.17) is 4.74 Å². The van der Waals surface area contributed by atoms with Gasteiger partial charge in [-0.25, -0.2) is 0 Å². The van der Waals surface area contributed by atoms with Gasteiger partial charge in [0.25, 0.3) is 0 Å². The SMILES string of the molecule is CCOC(=O)C1(CNCc2ccc(-c3ccccn3)cc2)CCC1. The predicted molar refractivity (Wildman–Crippen MR) is 94.3 cm³/mol. The topological polar surface area (TPSA) is 51.2 Å². The van der Waals surface area contributed by atoms with Gasteiger partial charge in [-0.15, -0.1) is 0 Å². The van der Waals surface area contributed by atoms with Crippen LogP contribution in [0.2, 0.25) is 0 Å². The quantitative estimate of drug-likeness (QED) is 0.791. The molecule has 1 heterocycles. The number of benzene rings is 1. The smallest absolute Gasteiger partial charge is 0.313 e. The molecule has 3 rings (SSSR count). The van der Waals surface area contributed by atoms with Gasteiger partial charge in [0.1, 0.15) is 0 Å². The molecule has 1 aromatic heterocycles. The van der Waals surface area contributed by atoms with E-state index in [-0.39, 0.29) is 11.4 Å². The van der Waals surface area contributed by atoms with Crippen LogP contribution in [-0.4, -0.2) is 24.1 Å². The second-order valence-electron chi connectivity index (χ2n) is 6.37. The normalized spacial score (nSPS) is 15.5. The zero-order valence-corrected chi connectivity index (χ0v) is 14.1. The molecule has 1 aliphatic carbocycles. The van der Waals surface area contributed by atoms with Crippen molar-refractivity contribution in [3.05, 3.63) is 54.2 Å². The minimum absolute atomic E-state index is 0.0470. The Morgan fingerprint density at radius 2 is 2.00 bits per heavy atom. The summed E-state index contributed by atoms with van der Waals surface area (Å²) >= 11 is 0. The summed E-state index contributed by atoms with van der Waals surface area (Å²) in [5.74, 6) is -0.0470. The van der Waals surface area contributed by atoms with Gasteiger partial charge in [-0.2, -0.15) is 0 Å². The number of rotatable bonds is 7. The molecule has 0 amide bonds. The third-order valence-electron chi connectivity index (χ3n) is 4.73. The molecule has 0 atom stereocenters. The summed E-state index contributed by atoms with van der Waals surface area (Å²) in [7, 11) is 0. The number of carbonyl (C=O) groups is 1. The van der Waals surface area contributed by atoms with E-state index in [1.807, 2.05) is 25.1 Å². The van der Waals surface area contributed by atoms with Gasteiger partial charge in [0.2, 0.25) is 0 Å². The van der Waals surface area contributed by atoms with Crippen LogP contribution < -0.4 is 5.32 Å². The Bertz CT molecular complexity index is 664. The number of nitrogens with zero attached hydrogens (tertiary/aromatic N) is 1. The molecular weight excluding hydrogens is 300 g/mol. The summed E-state index contributed by atoms with van der Waals surface area (Å²) < 4.78 is 5.23. The third-order valence-corrected chi connectivity index (χ3v) is 4.73. The first kappa shape index (κ1) is 16.7. The van der Waals surface area contributed by atoms with E-state index in [0.29, 0.717) is 13.2 Å². The molecule has 1 aromatic carbocycles. The van der Waals surface area contributed by atoms with Crippen molar-refractivity contribution >= 4 is 5.97 Å². The van der Waals surface area contributed by atoms with Crippen molar-refractivity contribution in [3.8, 4) is 11.3 Å². The Labute approximate surface area is 143 Å². The summed E-state index contributed by atoms with van der Waals surface area (Å²) in [5.41, 5.74) is 2.99. The van der Waals surface area contributed by atoms with Crippen molar-refractivity contribution in [2.75, 3.05) is 13.2 Å². The minimum Gasteiger partial charge on any atom is -0.466 e. The van der Waals surface area contributed by atoms with Crippen LogP contribution in [-0.2, 0) is 16.1 Å². The van der Waals surface area contributed by atoms with Crippen molar-refractivity contribution in [2.24, 2.45) is 5.41 Å². The molecule has 2 aromatic rings. The molecule has 0 spiro atoms. The molecule has 0 radical (unpaired) electrons. The van der Waals surface area contributed by atoms with E-state index in [1.165, 1.54) is 5.56 Å². The largest absolute Gasteiger partial charge is 0.466 e. The molecule has 126 valence electrons. The number of esters is 1. The lowest BCUT2D eigenvalue weighted by Gasteiger charge is -2.39. The Hall–Kier alpha value is -2.20. The Balaban J connectivity index is 1.54. The van der Waals surface area contributed by atoms with Crippen molar-refractivity contribution in [2.45, 2.75) is 32.7 Å². The highest BCUT2D eigenvalue weighted by Crippen LogP contribution is 2.41. The highest BCUT2D eigenvalue weighted by atomic mass is 16.5. The molecule has 4 nitrogen and oxygen atoms in total. The molecule has 1 N–H and O–H groups in total. The maximum Gasteiger partial charge on any atom is 0.313 e. The van der Waals surface area contributed by atoms with Crippen LogP contribution in [0.25, 0.3) is 11.3 Å². The molecule has 1 aliphatic rings. The minimum atomic E-state index is -0.302. The molecule has 0 unspecified atom stereocenters. The van der Waals surface area contributed by atoms with Crippen LogP contribution in [0, 0.1) is 5.41 Å². The highest BCUT2D eigenvalue weighted by molar-refractivity contribution is 5.78. The first-order valence-electron chi connectivity index (χ1n) is 8.62. The van der Waals surface area contributed by atoms with E-state index in [1.54, 1.807) is 6.20 Å². The summed E-state index contributed by atoms with van der Waals surface area (Å²) in [4.78, 5) is 16.5. The van der Waals surface area contributed by atoms with Crippen LogP contribution in [0.3, 0.4) is 0 Å². The maximum atomic E-state index is 12.1. The summed E-state index contributed by atoms with van der Waals surface area (Å²) in [5, 5.41) is 3.43.